The van der Waals surface area contributed by atoms with Gasteiger partial charge in [0.1, 0.15) is 6.54 Å². The number of amides is 1. The van der Waals surface area contributed by atoms with Crippen molar-refractivity contribution >= 4 is 11.9 Å². The molecule has 0 aromatic heterocycles. The molecule has 0 aromatic rings. The van der Waals surface area contributed by atoms with E-state index >= 15 is 0 Å². The summed E-state index contributed by atoms with van der Waals surface area (Å²) in [5.41, 5.74) is 4.96. The number of hydrogen-bond acceptors (Lipinski definition) is 4. The molecule has 0 aliphatic rings. The van der Waals surface area contributed by atoms with Crippen molar-refractivity contribution in [3.05, 3.63) is 0 Å². The quantitative estimate of drug-likeness (QED) is 0.656. The first-order chi connectivity index (χ1) is 6.91. The minimum Gasteiger partial charge on any atom is -0.468 e. The Labute approximate surface area is 90.6 Å². The van der Waals surface area contributed by atoms with Crippen molar-refractivity contribution in [2.24, 2.45) is 11.1 Å². The Morgan fingerprint density at radius 3 is 2.33 bits per heavy atom. The van der Waals surface area contributed by atoms with E-state index in [-0.39, 0.29) is 19.0 Å². The van der Waals surface area contributed by atoms with Crippen LogP contribution in [0.5, 0.6) is 0 Å². The largest absolute Gasteiger partial charge is 0.468 e. The van der Waals surface area contributed by atoms with Gasteiger partial charge in [-0.3, -0.25) is 9.59 Å². The Balaban J connectivity index is 4.49. The van der Waals surface area contributed by atoms with Gasteiger partial charge in [-0.25, -0.2) is 0 Å². The molecule has 5 heteroatoms. The number of hydrogen-bond donors (Lipinski definition) is 1. The summed E-state index contributed by atoms with van der Waals surface area (Å²) in [6, 6.07) is 0. The highest BCUT2D eigenvalue weighted by Crippen LogP contribution is 2.21. The molecule has 0 saturated heterocycles. The number of carbonyl (C=O) groups is 2. The molecule has 0 aromatic carbocycles. The topological polar surface area (TPSA) is 72.6 Å². The SMILES string of the molecule is CCC(C)(CN)C(=O)N(C)CC(=O)OC. The predicted octanol–water partition coefficient (Wildman–Crippen LogP) is -0.00720. The van der Waals surface area contributed by atoms with Gasteiger partial charge in [0, 0.05) is 13.6 Å². The lowest BCUT2D eigenvalue weighted by atomic mass is 9.86. The molecule has 0 rings (SSSR count). The summed E-state index contributed by atoms with van der Waals surface area (Å²) < 4.78 is 4.49. The maximum absolute atomic E-state index is 11.9. The van der Waals surface area contributed by atoms with E-state index in [4.69, 9.17) is 5.73 Å². The first-order valence-electron chi connectivity index (χ1n) is 4.93. The number of ether oxygens (including phenoxy) is 1. The van der Waals surface area contributed by atoms with E-state index in [0.29, 0.717) is 6.42 Å². The van der Waals surface area contributed by atoms with E-state index in [1.165, 1.54) is 12.0 Å². The maximum atomic E-state index is 11.9. The van der Waals surface area contributed by atoms with Crippen LogP contribution in [0.15, 0.2) is 0 Å². The second-order valence-electron chi connectivity index (χ2n) is 3.86. The van der Waals surface area contributed by atoms with Gasteiger partial charge in [0.15, 0.2) is 0 Å². The lowest BCUT2D eigenvalue weighted by molar-refractivity contribution is -0.149. The molecular formula is C10H20N2O3. The van der Waals surface area contributed by atoms with Gasteiger partial charge in [0.25, 0.3) is 0 Å². The molecule has 0 aliphatic carbocycles. The van der Waals surface area contributed by atoms with Crippen LogP contribution in [0, 0.1) is 5.41 Å². The molecule has 1 amide bonds. The third kappa shape index (κ3) is 3.51. The van der Waals surface area contributed by atoms with Gasteiger partial charge in [-0.05, 0) is 13.3 Å². The molecule has 2 N–H and O–H groups in total. The van der Waals surface area contributed by atoms with E-state index < -0.39 is 11.4 Å². The molecule has 0 radical (unpaired) electrons. The zero-order chi connectivity index (χ0) is 12.1. The van der Waals surface area contributed by atoms with Crippen LogP contribution in [-0.2, 0) is 14.3 Å². The standard InChI is InChI=1S/C10H20N2O3/c1-5-10(2,7-11)9(14)12(3)6-8(13)15-4/h5-7,11H2,1-4H3. The fourth-order valence-corrected chi connectivity index (χ4v) is 1.17. The average molecular weight is 216 g/mol. The summed E-state index contributed by atoms with van der Waals surface area (Å²) in [6.45, 7) is 3.93. The normalized spacial score (nSPS) is 14.2. The Morgan fingerprint density at radius 2 is 2.00 bits per heavy atom. The van der Waals surface area contributed by atoms with E-state index in [1.54, 1.807) is 14.0 Å². The molecule has 0 spiro atoms. The van der Waals surface area contributed by atoms with Crippen LogP contribution >= 0.6 is 0 Å². The van der Waals surface area contributed by atoms with Crippen molar-refractivity contribution in [1.82, 2.24) is 4.90 Å². The van der Waals surface area contributed by atoms with Crippen LogP contribution in [0.2, 0.25) is 0 Å². The summed E-state index contributed by atoms with van der Waals surface area (Å²) in [7, 11) is 2.87. The zero-order valence-corrected chi connectivity index (χ0v) is 9.87. The van der Waals surface area contributed by atoms with Crippen molar-refractivity contribution in [3.63, 3.8) is 0 Å². The molecule has 1 atom stereocenters. The number of carbonyl (C=O) groups excluding carboxylic acids is 2. The Morgan fingerprint density at radius 1 is 1.47 bits per heavy atom. The Bertz CT molecular complexity index is 237. The highest BCUT2D eigenvalue weighted by molar-refractivity contribution is 5.86. The lowest BCUT2D eigenvalue weighted by Gasteiger charge is -2.29. The maximum Gasteiger partial charge on any atom is 0.325 e. The number of methoxy groups -OCH3 is 1. The van der Waals surface area contributed by atoms with Gasteiger partial charge in [0.05, 0.1) is 12.5 Å². The van der Waals surface area contributed by atoms with Crippen LogP contribution in [0.25, 0.3) is 0 Å². The highest BCUT2D eigenvalue weighted by Gasteiger charge is 2.32. The van der Waals surface area contributed by atoms with E-state index in [0.717, 1.165) is 0 Å². The minimum atomic E-state index is -0.594. The third-order valence-electron chi connectivity index (χ3n) is 2.69. The molecule has 0 aliphatic heterocycles. The molecular weight excluding hydrogens is 196 g/mol. The monoisotopic (exact) mass is 216 g/mol. The van der Waals surface area contributed by atoms with Crippen LogP contribution in [0.3, 0.4) is 0 Å². The van der Waals surface area contributed by atoms with Gasteiger partial charge < -0.3 is 15.4 Å². The fraction of sp³-hybridized carbons (Fsp3) is 0.800. The second kappa shape index (κ2) is 5.70. The molecule has 5 nitrogen and oxygen atoms in total. The van der Waals surface area contributed by atoms with Crippen LogP contribution in [-0.4, -0.2) is 44.0 Å². The molecule has 0 bridgehead atoms. The molecule has 0 heterocycles. The summed E-state index contributed by atoms with van der Waals surface area (Å²) in [6.07, 6.45) is 0.647. The molecule has 0 fully saturated rings. The zero-order valence-electron chi connectivity index (χ0n) is 9.87. The van der Waals surface area contributed by atoms with Crippen LogP contribution < -0.4 is 5.73 Å². The molecule has 88 valence electrons. The highest BCUT2D eigenvalue weighted by atomic mass is 16.5. The summed E-state index contributed by atoms with van der Waals surface area (Å²) in [5.74, 6) is -0.556. The number of esters is 1. The molecule has 0 saturated carbocycles. The van der Waals surface area contributed by atoms with Gasteiger partial charge in [-0.1, -0.05) is 6.92 Å². The second-order valence-corrected chi connectivity index (χ2v) is 3.86. The van der Waals surface area contributed by atoms with Crippen LogP contribution in [0.1, 0.15) is 20.3 Å². The van der Waals surface area contributed by atoms with Gasteiger partial charge in [-0.2, -0.15) is 0 Å². The van der Waals surface area contributed by atoms with Crippen LogP contribution in [0.4, 0.5) is 0 Å². The van der Waals surface area contributed by atoms with Gasteiger partial charge >= 0.3 is 5.97 Å². The van der Waals surface area contributed by atoms with Gasteiger partial charge in [0.2, 0.25) is 5.91 Å². The average Bonchev–Trinajstić information content (AvgIpc) is 2.26. The van der Waals surface area contributed by atoms with E-state index in [9.17, 15) is 9.59 Å². The van der Waals surface area contributed by atoms with E-state index in [2.05, 4.69) is 4.74 Å². The van der Waals surface area contributed by atoms with Crippen molar-refractivity contribution in [2.45, 2.75) is 20.3 Å². The molecule has 1 unspecified atom stereocenters. The molecule has 15 heavy (non-hydrogen) atoms. The van der Waals surface area contributed by atoms with Crippen molar-refractivity contribution in [2.75, 3.05) is 27.2 Å². The predicted molar refractivity (Wildman–Crippen MR) is 57.1 cm³/mol. The Kier molecular flexibility index (Phi) is 5.28. The Hall–Kier alpha value is -1.10. The summed E-state index contributed by atoms with van der Waals surface area (Å²) in [4.78, 5) is 24.2. The smallest absolute Gasteiger partial charge is 0.325 e. The van der Waals surface area contributed by atoms with Gasteiger partial charge in [-0.15, -0.1) is 0 Å². The minimum absolute atomic E-state index is 0.0368. The number of rotatable bonds is 5. The fourth-order valence-electron chi connectivity index (χ4n) is 1.17. The first-order valence-corrected chi connectivity index (χ1v) is 4.93. The van der Waals surface area contributed by atoms with E-state index in [1.807, 2.05) is 6.92 Å². The first kappa shape index (κ1) is 13.9. The lowest BCUT2D eigenvalue weighted by Crippen LogP contribution is -2.46. The number of nitrogens with two attached hydrogens (primary N) is 1. The van der Waals surface area contributed by atoms with Crippen molar-refractivity contribution in [1.29, 1.82) is 0 Å². The summed E-state index contributed by atoms with van der Waals surface area (Å²) in [5, 5.41) is 0. The summed E-state index contributed by atoms with van der Waals surface area (Å²) >= 11 is 0. The number of likely N-dealkylation sites (N-methyl/N-ethyl adjacent to an activating group) is 1. The van der Waals surface area contributed by atoms with Crippen molar-refractivity contribution in [3.8, 4) is 0 Å². The third-order valence-corrected chi connectivity index (χ3v) is 2.69. The van der Waals surface area contributed by atoms with Crippen molar-refractivity contribution < 1.29 is 14.3 Å². The number of nitrogens with zero attached hydrogens (tertiary/aromatic N) is 1.